The van der Waals surface area contributed by atoms with Gasteiger partial charge in [0.05, 0.1) is 11.6 Å². The maximum atomic E-state index is 11.9. The first kappa shape index (κ1) is 14.7. The van der Waals surface area contributed by atoms with Crippen molar-refractivity contribution in [1.82, 2.24) is 20.3 Å². The largest absolute Gasteiger partial charge is 0.459 e. The van der Waals surface area contributed by atoms with E-state index in [4.69, 9.17) is 4.42 Å². The van der Waals surface area contributed by atoms with Crippen LogP contribution >= 0.6 is 0 Å². The van der Waals surface area contributed by atoms with Crippen LogP contribution in [-0.2, 0) is 0 Å². The Balaban J connectivity index is 1.34. The van der Waals surface area contributed by atoms with Gasteiger partial charge in [0.15, 0.2) is 5.76 Å². The normalized spacial score (nSPS) is 15.8. The van der Waals surface area contributed by atoms with E-state index in [0.29, 0.717) is 18.2 Å². The smallest absolute Gasteiger partial charge is 0.286 e. The van der Waals surface area contributed by atoms with Crippen LogP contribution < -0.4 is 10.2 Å². The molecule has 0 unspecified atom stereocenters. The van der Waals surface area contributed by atoms with Crippen molar-refractivity contribution in [3.05, 3.63) is 42.7 Å². The van der Waals surface area contributed by atoms with Crippen molar-refractivity contribution < 1.29 is 9.21 Å². The van der Waals surface area contributed by atoms with Gasteiger partial charge >= 0.3 is 0 Å². The summed E-state index contributed by atoms with van der Waals surface area (Å²) in [6, 6.07) is 5.41. The number of hydrogen-bond acceptors (Lipinski definition) is 5. The van der Waals surface area contributed by atoms with E-state index < -0.39 is 0 Å². The Kier molecular flexibility index (Phi) is 3.90. The number of hydrogen-bond donors (Lipinski definition) is 2. The molecule has 2 N–H and O–H groups in total. The monoisotopic (exact) mass is 325 g/mol. The van der Waals surface area contributed by atoms with E-state index in [-0.39, 0.29) is 5.91 Å². The van der Waals surface area contributed by atoms with E-state index in [1.54, 1.807) is 18.5 Å². The summed E-state index contributed by atoms with van der Waals surface area (Å²) in [7, 11) is 0. The Hall–Kier alpha value is -2.83. The topological polar surface area (TPSA) is 87.0 Å². The molecule has 1 fully saturated rings. The molecule has 0 saturated carbocycles. The number of fused-ring (bicyclic) bond motifs is 1. The molecule has 24 heavy (non-hydrogen) atoms. The van der Waals surface area contributed by atoms with E-state index in [1.807, 2.05) is 12.3 Å². The number of amides is 1. The molecule has 0 aliphatic carbocycles. The number of anilines is 1. The Labute approximate surface area is 139 Å². The number of nitrogens with zero attached hydrogens (tertiary/aromatic N) is 3. The Morgan fingerprint density at radius 3 is 3.00 bits per heavy atom. The van der Waals surface area contributed by atoms with E-state index in [9.17, 15) is 4.79 Å². The van der Waals surface area contributed by atoms with E-state index in [0.717, 1.165) is 42.8 Å². The molecule has 1 saturated heterocycles. The van der Waals surface area contributed by atoms with Gasteiger partial charge in [-0.2, -0.15) is 0 Å². The summed E-state index contributed by atoms with van der Waals surface area (Å²) in [4.78, 5) is 26.0. The molecule has 0 aromatic carbocycles. The van der Waals surface area contributed by atoms with Crippen LogP contribution in [-0.4, -0.2) is 40.5 Å². The number of carbonyl (C=O) groups is 1. The van der Waals surface area contributed by atoms with Crippen molar-refractivity contribution in [2.75, 3.05) is 24.5 Å². The number of H-pyrrole nitrogens is 1. The van der Waals surface area contributed by atoms with Crippen molar-refractivity contribution in [1.29, 1.82) is 0 Å². The van der Waals surface area contributed by atoms with Crippen LogP contribution in [0.15, 0.2) is 41.4 Å². The lowest BCUT2D eigenvalue weighted by atomic mass is 9.96. The number of aromatic nitrogens is 3. The molecule has 0 atom stereocenters. The third-order valence-electron chi connectivity index (χ3n) is 4.54. The van der Waals surface area contributed by atoms with Crippen LogP contribution in [0.2, 0.25) is 0 Å². The van der Waals surface area contributed by atoms with Crippen molar-refractivity contribution >= 4 is 22.8 Å². The molecule has 124 valence electrons. The summed E-state index contributed by atoms with van der Waals surface area (Å²) in [5.74, 6) is 1.68. The van der Waals surface area contributed by atoms with Crippen LogP contribution in [0.3, 0.4) is 0 Å². The molecule has 7 heteroatoms. The zero-order valence-corrected chi connectivity index (χ0v) is 13.2. The summed E-state index contributed by atoms with van der Waals surface area (Å²) in [6.07, 6.45) is 7.04. The number of piperidine rings is 1. The molecule has 3 aromatic heterocycles. The van der Waals surface area contributed by atoms with Crippen LogP contribution in [0.5, 0.6) is 0 Å². The molecule has 1 aliphatic heterocycles. The summed E-state index contributed by atoms with van der Waals surface area (Å²) in [6.45, 7) is 2.54. The van der Waals surface area contributed by atoms with E-state index >= 15 is 0 Å². The average molecular weight is 325 g/mol. The van der Waals surface area contributed by atoms with Crippen molar-refractivity contribution in [2.24, 2.45) is 5.92 Å². The highest BCUT2D eigenvalue weighted by molar-refractivity contribution is 5.91. The number of rotatable bonds is 4. The third-order valence-corrected chi connectivity index (χ3v) is 4.54. The first-order valence-electron chi connectivity index (χ1n) is 8.16. The second kappa shape index (κ2) is 6.35. The van der Waals surface area contributed by atoms with Gasteiger partial charge in [-0.1, -0.05) is 0 Å². The first-order chi connectivity index (χ1) is 11.8. The number of furan rings is 1. The molecule has 0 radical (unpaired) electrons. The van der Waals surface area contributed by atoms with Crippen molar-refractivity contribution in [3.8, 4) is 0 Å². The van der Waals surface area contributed by atoms with Crippen LogP contribution in [0, 0.1) is 5.92 Å². The molecular formula is C17H19N5O2. The Morgan fingerprint density at radius 1 is 1.33 bits per heavy atom. The van der Waals surface area contributed by atoms with Gasteiger partial charge in [-0.3, -0.25) is 4.79 Å². The van der Waals surface area contributed by atoms with Crippen LogP contribution in [0.1, 0.15) is 23.4 Å². The van der Waals surface area contributed by atoms with Gasteiger partial charge in [-0.05, 0) is 37.0 Å². The van der Waals surface area contributed by atoms with Gasteiger partial charge in [0.2, 0.25) is 0 Å². The van der Waals surface area contributed by atoms with Crippen molar-refractivity contribution in [3.63, 3.8) is 0 Å². The number of nitrogens with one attached hydrogen (secondary N) is 2. The summed E-state index contributed by atoms with van der Waals surface area (Å²) >= 11 is 0. The molecule has 1 aliphatic rings. The first-order valence-corrected chi connectivity index (χ1v) is 8.16. The summed E-state index contributed by atoms with van der Waals surface area (Å²) in [5, 5.41) is 4.01. The lowest BCUT2D eigenvalue weighted by Gasteiger charge is -2.33. The zero-order valence-electron chi connectivity index (χ0n) is 13.2. The fraction of sp³-hybridized carbons (Fsp3) is 0.353. The van der Waals surface area contributed by atoms with E-state index in [1.165, 1.54) is 6.26 Å². The molecule has 7 nitrogen and oxygen atoms in total. The molecule has 0 bridgehead atoms. The maximum absolute atomic E-state index is 11.9. The minimum absolute atomic E-state index is 0.146. The fourth-order valence-electron chi connectivity index (χ4n) is 3.19. The molecule has 0 spiro atoms. The third kappa shape index (κ3) is 2.84. The summed E-state index contributed by atoms with van der Waals surface area (Å²) < 4.78 is 5.11. The van der Waals surface area contributed by atoms with Crippen molar-refractivity contribution in [2.45, 2.75) is 12.8 Å². The highest BCUT2D eigenvalue weighted by Gasteiger charge is 2.22. The quantitative estimate of drug-likeness (QED) is 0.768. The SMILES string of the molecule is O=C(NCC1CCN(c2ncnc3[nH]ccc23)CC1)c1ccco1. The highest BCUT2D eigenvalue weighted by Crippen LogP contribution is 2.26. The van der Waals surface area contributed by atoms with Crippen LogP contribution in [0.25, 0.3) is 11.0 Å². The average Bonchev–Trinajstić information content (AvgIpc) is 3.31. The van der Waals surface area contributed by atoms with Gasteiger partial charge < -0.3 is 19.6 Å². The van der Waals surface area contributed by atoms with Gasteiger partial charge in [0.25, 0.3) is 5.91 Å². The highest BCUT2D eigenvalue weighted by atomic mass is 16.3. The molecular weight excluding hydrogens is 306 g/mol. The van der Waals surface area contributed by atoms with Gasteiger partial charge in [0.1, 0.15) is 17.8 Å². The lowest BCUT2D eigenvalue weighted by molar-refractivity contribution is 0.0917. The van der Waals surface area contributed by atoms with Gasteiger partial charge in [0, 0.05) is 25.8 Å². The molecule has 3 aromatic rings. The second-order valence-corrected chi connectivity index (χ2v) is 6.05. The number of aromatic amines is 1. The molecule has 4 heterocycles. The second-order valence-electron chi connectivity index (χ2n) is 6.05. The van der Waals surface area contributed by atoms with E-state index in [2.05, 4.69) is 25.2 Å². The Morgan fingerprint density at radius 2 is 2.21 bits per heavy atom. The predicted octanol–water partition coefficient (Wildman–Crippen LogP) is 2.20. The van der Waals surface area contributed by atoms with Gasteiger partial charge in [-0.15, -0.1) is 0 Å². The minimum atomic E-state index is -0.146. The van der Waals surface area contributed by atoms with Gasteiger partial charge in [-0.25, -0.2) is 9.97 Å². The lowest BCUT2D eigenvalue weighted by Crippen LogP contribution is -2.39. The molecule has 1 amide bonds. The maximum Gasteiger partial charge on any atom is 0.286 e. The van der Waals surface area contributed by atoms with Crippen LogP contribution in [0.4, 0.5) is 5.82 Å². The Bertz CT molecular complexity index is 819. The zero-order chi connectivity index (χ0) is 16.4. The minimum Gasteiger partial charge on any atom is -0.459 e. The predicted molar refractivity (Wildman–Crippen MR) is 89.9 cm³/mol. The standard InChI is InChI=1S/C17H19N5O2/c23-17(14-2-1-9-24-14)19-10-12-4-7-22(8-5-12)16-13-3-6-18-15(13)20-11-21-16/h1-3,6,9,11-12H,4-5,7-8,10H2,(H,19,23)(H,18,20,21). The fourth-order valence-corrected chi connectivity index (χ4v) is 3.19. The molecule has 4 rings (SSSR count). The number of carbonyl (C=O) groups excluding carboxylic acids is 1. The summed E-state index contributed by atoms with van der Waals surface area (Å²) in [5.41, 5.74) is 0.868.